The van der Waals surface area contributed by atoms with Gasteiger partial charge in [0, 0.05) is 18.8 Å². The summed E-state index contributed by atoms with van der Waals surface area (Å²) in [5, 5.41) is 11.7. The molecule has 1 rings (SSSR count). The summed E-state index contributed by atoms with van der Waals surface area (Å²) in [6, 6.07) is 3.96. The van der Waals surface area contributed by atoms with E-state index in [1.165, 1.54) is 12.1 Å². The summed E-state index contributed by atoms with van der Waals surface area (Å²) in [6.07, 6.45) is 1.86. The second-order valence-corrected chi connectivity index (χ2v) is 4.45. The van der Waals surface area contributed by atoms with Gasteiger partial charge < -0.3 is 15.3 Å². The van der Waals surface area contributed by atoms with Crippen molar-refractivity contribution in [2.24, 2.45) is 0 Å². The maximum absolute atomic E-state index is 13.0. The number of carbonyl (C=O) groups is 1. The van der Waals surface area contributed by atoms with E-state index in [9.17, 15) is 9.18 Å². The number of anilines is 1. The lowest BCUT2D eigenvalue weighted by Crippen LogP contribution is -2.37. The number of unbranched alkanes of at least 4 members (excludes halogenated alkanes) is 1. The monoisotopic (exact) mass is 268 g/mol. The van der Waals surface area contributed by atoms with E-state index in [0.717, 1.165) is 12.8 Å². The third kappa shape index (κ3) is 4.87. The Morgan fingerprint density at radius 1 is 1.42 bits per heavy atom. The highest BCUT2D eigenvalue weighted by atomic mass is 19.1. The molecule has 1 aromatic rings. The van der Waals surface area contributed by atoms with Crippen molar-refractivity contribution in [3.05, 3.63) is 29.6 Å². The van der Waals surface area contributed by atoms with Crippen LogP contribution in [0.15, 0.2) is 18.2 Å². The molecule has 0 aromatic heterocycles. The molecule has 0 heterocycles. The molecule has 19 heavy (non-hydrogen) atoms. The normalized spacial score (nSPS) is 10.3. The molecule has 0 unspecified atom stereocenters. The maximum atomic E-state index is 13.0. The number of hydrogen-bond donors (Lipinski definition) is 2. The van der Waals surface area contributed by atoms with Crippen LogP contribution in [-0.4, -0.2) is 35.7 Å². The minimum absolute atomic E-state index is 0.0699. The lowest BCUT2D eigenvalue weighted by atomic mass is 10.2. The average Bonchev–Trinajstić information content (AvgIpc) is 2.37. The number of amides is 2. The Bertz CT molecular complexity index is 424. The van der Waals surface area contributed by atoms with Crippen molar-refractivity contribution >= 4 is 11.7 Å². The van der Waals surface area contributed by atoms with Crippen LogP contribution in [0.1, 0.15) is 25.3 Å². The van der Waals surface area contributed by atoms with Crippen LogP contribution in [0.4, 0.5) is 14.9 Å². The van der Waals surface area contributed by atoms with Crippen molar-refractivity contribution in [3.8, 4) is 0 Å². The molecule has 0 fully saturated rings. The van der Waals surface area contributed by atoms with Crippen LogP contribution >= 0.6 is 0 Å². The fourth-order valence-electron chi connectivity index (χ4n) is 1.75. The van der Waals surface area contributed by atoms with E-state index in [1.54, 1.807) is 17.9 Å². The molecule has 0 aliphatic carbocycles. The number of benzene rings is 1. The van der Waals surface area contributed by atoms with Crippen LogP contribution in [0.5, 0.6) is 0 Å². The zero-order valence-corrected chi connectivity index (χ0v) is 11.4. The molecule has 0 spiro atoms. The molecule has 0 aliphatic rings. The highest BCUT2D eigenvalue weighted by molar-refractivity contribution is 5.90. The molecular weight excluding hydrogens is 247 g/mol. The summed E-state index contributed by atoms with van der Waals surface area (Å²) in [7, 11) is 0. The molecule has 0 saturated carbocycles. The number of nitrogens with one attached hydrogen (secondary N) is 1. The van der Waals surface area contributed by atoms with Crippen LogP contribution in [0.25, 0.3) is 0 Å². The van der Waals surface area contributed by atoms with Crippen LogP contribution in [0.3, 0.4) is 0 Å². The Hall–Kier alpha value is -1.62. The smallest absolute Gasteiger partial charge is 0.321 e. The summed E-state index contributed by atoms with van der Waals surface area (Å²) in [5.74, 6) is -0.325. The van der Waals surface area contributed by atoms with Gasteiger partial charge in [-0.25, -0.2) is 9.18 Å². The lowest BCUT2D eigenvalue weighted by Gasteiger charge is -2.22. The number of aliphatic hydroxyl groups excluding tert-OH is 1. The molecule has 4 nitrogen and oxygen atoms in total. The Morgan fingerprint density at radius 3 is 2.74 bits per heavy atom. The minimum atomic E-state index is -0.325. The molecule has 0 aliphatic heterocycles. The van der Waals surface area contributed by atoms with Gasteiger partial charge in [-0.1, -0.05) is 13.3 Å². The second kappa shape index (κ2) is 7.74. The molecule has 2 amide bonds. The summed E-state index contributed by atoms with van der Waals surface area (Å²) in [4.78, 5) is 13.6. The van der Waals surface area contributed by atoms with Crippen molar-refractivity contribution in [2.75, 3.05) is 25.0 Å². The first kappa shape index (κ1) is 15.4. The summed E-state index contributed by atoms with van der Waals surface area (Å²) in [6.45, 7) is 4.61. The quantitative estimate of drug-likeness (QED) is 0.833. The summed E-state index contributed by atoms with van der Waals surface area (Å²) < 4.78 is 13.0. The van der Waals surface area contributed by atoms with Gasteiger partial charge in [0.1, 0.15) is 5.82 Å². The van der Waals surface area contributed by atoms with Gasteiger partial charge in [-0.3, -0.25) is 0 Å². The van der Waals surface area contributed by atoms with Crippen molar-refractivity contribution in [2.45, 2.75) is 26.7 Å². The topological polar surface area (TPSA) is 52.6 Å². The van der Waals surface area contributed by atoms with Gasteiger partial charge in [0.2, 0.25) is 0 Å². The van der Waals surface area contributed by atoms with Gasteiger partial charge in [-0.05, 0) is 37.1 Å². The number of nitrogens with zero attached hydrogens (tertiary/aromatic N) is 1. The van der Waals surface area contributed by atoms with Gasteiger partial charge in [0.15, 0.2) is 0 Å². The molecule has 0 bridgehead atoms. The number of rotatable bonds is 6. The van der Waals surface area contributed by atoms with Crippen LogP contribution in [0, 0.1) is 12.7 Å². The first-order chi connectivity index (χ1) is 9.08. The molecule has 106 valence electrons. The van der Waals surface area contributed by atoms with E-state index in [0.29, 0.717) is 24.3 Å². The molecule has 2 N–H and O–H groups in total. The van der Waals surface area contributed by atoms with Gasteiger partial charge in [0.05, 0.1) is 6.61 Å². The molecule has 5 heteroatoms. The Morgan fingerprint density at radius 2 is 2.16 bits per heavy atom. The Balaban J connectivity index is 2.69. The number of hydrogen-bond acceptors (Lipinski definition) is 2. The SMILES string of the molecule is CCCCN(CCO)C(=O)Nc1ccc(F)cc1C. The van der Waals surface area contributed by atoms with Crippen LogP contribution in [0.2, 0.25) is 0 Å². The zero-order chi connectivity index (χ0) is 14.3. The first-order valence-corrected chi connectivity index (χ1v) is 6.51. The zero-order valence-electron chi connectivity index (χ0n) is 11.4. The predicted octanol–water partition coefficient (Wildman–Crippen LogP) is 2.76. The second-order valence-electron chi connectivity index (χ2n) is 4.45. The van der Waals surface area contributed by atoms with Crippen LogP contribution < -0.4 is 5.32 Å². The molecule has 0 atom stereocenters. The molecular formula is C14H21FN2O2. The van der Waals surface area contributed by atoms with Crippen LogP contribution in [-0.2, 0) is 0 Å². The van der Waals surface area contributed by atoms with Crippen molar-refractivity contribution < 1.29 is 14.3 Å². The minimum Gasteiger partial charge on any atom is -0.395 e. The molecule has 0 saturated heterocycles. The van der Waals surface area contributed by atoms with Gasteiger partial charge in [-0.2, -0.15) is 0 Å². The predicted molar refractivity (Wildman–Crippen MR) is 73.7 cm³/mol. The van der Waals surface area contributed by atoms with Gasteiger partial charge in [0.25, 0.3) is 0 Å². The van der Waals surface area contributed by atoms with E-state index in [1.807, 2.05) is 6.92 Å². The standard InChI is InChI=1S/C14H21FN2O2/c1-3-4-7-17(8-9-18)14(19)16-13-6-5-12(15)10-11(13)2/h5-6,10,18H,3-4,7-9H2,1-2H3,(H,16,19). The number of aliphatic hydroxyl groups is 1. The average molecular weight is 268 g/mol. The fourth-order valence-corrected chi connectivity index (χ4v) is 1.75. The summed E-state index contributed by atoms with van der Waals surface area (Å²) in [5.41, 5.74) is 1.26. The fraction of sp³-hybridized carbons (Fsp3) is 0.500. The number of carbonyl (C=O) groups excluding carboxylic acids is 1. The first-order valence-electron chi connectivity index (χ1n) is 6.51. The van der Waals surface area contributed by atoms with E-state index in [-0.39, 0.29) is 18.5 Å². The third-order valence-electron chi connectivity index (χ3n) is 2.87. The molecule has 1 aromatic carbocycles. The Labute approximate surface area is 113 Å². The number of urea groups is 1. The highest BCUT2D eigenvalue weighted by Crippen LogP contribution is 2.16. The van der Waals surface area contributed by atoms with Gasteiger partial charge in [-0.15, -0.1) is 0 Å². The van der Waals surface area contributed by atoms with E-state index in [4.69, 9.17) is 5.11 Å². The van der Waals surface area contributed by atoms with E-state index in [2.05, 4.69) is 5.32 Å². The Kier molecular flexibility index (Phi) is 6.29. The van der Waals surface area contributed by atoms with Crippen molar-refractivity contribution in [1.29, 1.82) is 0 Å². The van der Waals surface area contributed by atoms with Gasteiger partial charge >= 0.3 is 6.03 Å². The van der Waals surface area contributed by atoms with Crippen molar-refractivity contribution in [3.63, 3.8) is 0 Å². The maximum Gasteiger partial charge on any atom is 0.321 e. The van der Waals surface area contributed by atoms with Crippen molar-refractivity contribution in [1.82, 2.24) is 4.90 Å². The lowest BCUT2D eigenvalue weighted by molar-refractivity contribution is 0.187. The largest absolute Gasteiger partial charge is 0.395 e. The van der Waals surface area contributed by atoms with E-state index >= 15 is 0 Å². The number of aryl methyl sites for hydroxylation is 1. The third-order valence-corrected chi connectivity index (χ3v) is 2.87. The van der Waals surface area contributed by atoms with E-state index < -0.39 is 0 Å². The highest BCUT2D eigenvalue weighted by Gasteiger charge is 2.13. The molecule has 0 radical (unpaired) electrons. The summed E-state index contributed by atoms with van der Waals surface area (Å²) >= 11 is 0. The number of halogens is 1.